The van der Waals surface area contributed by atoms with Gasteiger partial charge in [0.05, 0.1) is 0 Å². The highest BCUT2D eigenvalue weighted by molar-refractivity contribution is 8.01. The number of carbonyl (C=O) groups excluding carboxylic acids is 2. The summed E-state index contributed by atoms with van der Waals surface area (Å²) in [5.41, 5.74) is 6.69. The molecule has 0 radical (unpaired) electrons. The molecule has 4 rings (SSSR count). The van der Waals surface area contributed by atoms with E-state index < -0.39 is 51.1 Å². The second kappa shape index (κ2) is 10.3. The van der Waals surface area contributed by atoms with Gasteiger partial charge < -0.3 is 21.3 Å². The van der Waals surface area contributed by atoms with Crippen LogP contribution in [0.5, 0.6) is 5.75 Å². The van der Waals surface area contributed by atoms with E-state index in [2.05, 4.69) is 15.5 Å². The predicted octanol–water partition coefficient (Wildman–Crippen LogP) is 0.162. The minimum atomic E-state index is -4.25. The number of nitrogens with two attached hydrogens (primary N) is 1. The number of nitrogens with zero attached hydrogens (tertiary/aromatic N) is 3. The Hall–Kier alpha value is -2.70. The van der Waals surface area contributed by atoms with Crippen molar-refractivity contribution in [3.8, 4) is 5.75 Å². The van der Waals surface area contributed by atoms with Crippen molar-refractivity contribution in [3.05, 3.63) is 46.1 Å². The van der Waals surface area contributed by atoms with Crippen LogP contribution in [0, 0.1) is 0 Å². The molecule has 2 amide bonds. The van der Waals surface area contributed by atoms with E-state index in [-0.39, 0.29) is 28.0 Å². The van der Waals surface area contributed by atoms with Crippen molar-refractivity contribution >= 4 is 62.8 Å². The number of fused-ring (bicyclic) bond motifs is 1. The molecule has 1 unspecified atom stereocenters. The summed E-state index contributed by atoms with van der Waals surface area (Å²) in [6.07, 6.45) is 0. The first kappa shape index (κ1) is 26.4. The molecule has 2 aliphatic heterocycles. The quantitative estimate of drug-likeness (QED) is 0.154. The molecule has 1 fully saturated rings. The Labute approximate surface area is 216 Å². The molecule has 0 spiro atoms. The number of carboxylic acids is 1. The van der Waals surface area contributed by atoms with E-state index in [0.717, 1.165) is 28.0 Å². The number of carboxylic acid groups (broad SMARTS) is 1. The summed E-state index contributed by atoms with van der Waals surface area (Å²) in [6, 6.07) is 3.72. The first-order chi connectivity index (χ1) is 16.9. The van der Waals surface area contributed by atoms with Crippen LogP contribution in [0.1, 0.15) is 16.6 Å². The summed E-state index contributed by atoms with van der Waals surface area (Å²) in [7, 11) is -4.25. The van der Waals surface area contributed by atoms with Gasteiger partial charge in [-0.05, 0) is 23.3 Å². The van der Waals surface area contributed by atoms with Gasteiger partial charge in [-0.25, -0.2) is 4.79 Å². The molecule has 36 heavy (non-hydrogen) atoms. The largest absolute Gasteiger partial charge is 0.508 e. The number of thioether (sulfide) groups is 2. The lowest BCUT2D eigenvalue weighted by Gasteiger charge is -2.49. The number of aliphatic carboxylic acids is 1. The van der Waals surface area contributed by atoms with Crippen molar-refractivity contribution in [2.24, 2.45) is 5.73 Å². The SMILES string of the molecule is N[C@@H](C(=O)NC1C(=O)N2C(C(=O)O)=C(CSc3nnc(CS(=O)(=O)O)s3)CS[C@H]12)c1ccc(O)cc1. The number of rotatable bonds is 9. The summed E-state index contributed by atoms with van der Waals surface area (Å²) in [5.74, 6) is -2.70. The average Bonchev–Trinajstić information content (AvgIpc) is 3.25. The van der Waals surface area contributed by atoms with Crippen molar-refractivity contribution < 1.29 is 37.6 Å². The molecule has 17 heteroatoms. The molecule has 0 bridgehead atoms. The van der Waals surface area contributed by atoms with E-state index in [1.807, 2.05) is 0 Å². The minimum absolute atomic E-state index is 0.0152. The molecule has 6 N–H and O–H groups in total. The highest BCUT2D eigenvalue weighted by atomic mass is 32.2. The number of benzene rings is 1. The number of hydrogen-bond donors (Lipinski definition) is 5. The fraction of sp³-hybridized carbons (Fsp3) is 0.316. The molecule has 3 atom stereocenters. The maximum absolute atomic E-state index is 12.8. The lowest BCUT2D eigenvalue weighted by Crippen LogP contribution is -2.71. The van der Waals surface area contributed by atoms with Crippen LogP contribution in [0.4, 0.5) is 0 Å². The molecule has 13 nitrogen and oxygen atoms in total. The fourth-order valence-electron chi connectivity index (χ4n) is 3.53. The summed E-state index contributed by atoms with van der Waals surface area (Å²) in [6.45, 7) is 0. The molecule has 2 aliphatic rings. The van der Waals surface area contributed by atoms with E-state index in [9.17, 15) is 33.0 Å². The summed E-state index contributed by atoms with van der Waals surface area (Å²) >= 11 is 3.37. The molecular weight excluding hydrogens is 555 g/mol. The van der Waals surface area contributed by atoms with Gasteiger partial charge in [0, 0.05) is 11.5 Å². The average molecular weight is 574 g/mol. The maximum atomic E-state index is 12.8. The zero-order chi connectivity index (χ0) is 26.2. The Morgan fingerprint density at radius 1 is 1.28 bits per heavy atom. The van der Waals surface area contributed by atoms with Crippen LogP contribution < -0.4 is 11.1 Å². The molecule has 1 aromatic heterocycles. The third-order valence-corrected chi connectivity index (χ3v) is 9.51. The lowest BCUT2D eigenvalue weighted by molar-refractivity contribution is -0.150. The van der Waals surface area contributed by atoms with Gasteiger partial charge in [0.1, 0.15) is 39.7 Å². The Kier molecular flexibility index (Phi) is 7.58. The normalized spacial score (nSPS) is 20.5. The van der Waals surface area contributed by atoms with E-state index in [4.69, 9.17) is 10.3 Å². The van der Waals surface area contributed by atoms with Crippen molar-refractivity contribution in [2.75, 3.05) is 11.5 Å². The summed E-state index contributed by atoms with van der Waals surface area (Å²) in [5, 5.41) is 28.8. The fourth-order valence-corrected chi connectivity index (χ4v) is 7.76. The van der Waals surface area contributed by atoms with Crippen LogP contribution in [0.2, 0.25) is 0 Å². The Morgan fingerprint density at radius 3 is 2.61 bits per heavy atom. The number of aromatic hydroxyl groups is 1. The molecule has 3 heterocycles. The van der Waals surface area contributed by atoms with Crippen LogP contribution in [0.25, 0.3) is 0 Å². The van der Waals surface area contributed by atoms with Crippen LogP contribution in [0.3, 0.4) is 0 Å². The van der Waals surface area contributed by atoms with Gasteiger partial charge in [-0.15, -0.1) is 22.0 Å². The van der Waals surface area contributed by atoms with Crippen LogP contribution in [-0.2, 0) is 30.3 Å². The summed E-state index contributed by atoms with van der Waals surface area (Å²) in [4.78, 5) is 38.6. The first-order valence-corrected chi connectivity index (χ1v) is 14.6. The van der Waals surface area contributed by atoms with E-state index in [0.29, 0.717) is 15.5 Å². The second-order valence-corrected chi connectivity index (χ2v) is 12.5. The second-order valence-electron chi connectivity index (χ2n) is 7.70. The van der Waals surface area contributed by atoms with E-state index in [1.165, 1.54) is 36.0 Å². The standard InChI is InChI=1S/C19H19N5O8S4/c20-12(8-1-3-10(25)4-2-8)15(26)21-13-16(27)24-14(18(28)29)9(5-33-17(13)24)6-34-19-23-22-11(35-19)7-36(30,31)32/h1-4,12-13,17,25H,5-7,20H2,(H,21,26)(H,28,29)(H,30,31,32)/t12-,13?,17-/m1/s1. The summed E-state index contributed by atoms with van der Waals surface area (Å²) < 4.78 is 31.3. The number of β-lactam (4-membered cyclic amide) rings is 1. The van der Waals surface area contributed by atoms with Crippen molar-refractivity contribution in [3.63, 3.8) is 0 Å². The van der Waals surface area contributed by atoms with Gasteiger partial charge in [0.25, 0.3) is 16.0 Å². The number of carbonyl (C=O) groups is 3. The van der Waals surface area contributed by atoms with Gasteiger partial charge in [-0.2, -0.15) is 8.42 Å². The van der Waals surface area contributed by atoms with Gasteiger partial charge in [-0.1, -0.05) is 35.2 Å². The monoisotopic (exact) mass is 573 g/mol. The Bertz CT molecular complexity index is 1340. The zero-order valence-electron chi connectivity index (χ0n) is 18.1. The van der Waals surface area contributed by atoms with E-state index in [1.54, 1.807) is 0 Å². The topological polar surface area (TPSA) is 213 Å². The zero-order valence-corrected chi connectivity index (χ0v) is 21.4. The number of phenols is 1. The smallest absolute Gasteiger partial charge is 0.352 e. The predicted molar refractivity (Wildman–Crippen MR) is 131 cm³/mol. The molecule has 1 saturated heterocycles. The number of amides is 2. The third kappa shape index (κ3) is 5.65. The maximum Gasteiger partial charge on any atom is 0.352 e. The number of aromatic nitrogens is 2. The molecular formula is C19H19N5O8S4. The lowest BCUT2D eigenvalue weighted by atomic mass is 10.0. The van der Waals surface area contributed by atoms with Crippen LogP contribution >= 0.6 is 34.9 Å². The minimum Gasteiger partial charge on any atom is -0.508 e. The molecule has 2 aromatic rings. The van der Waals surface area contributed by atoms with Crippen molar-refractivity contribution in [2.45, 2.75) is 27.6 Å². The number of hydrogen-bond acceptors (Lipinski definition) is 12. The van der Waals surface area contributed by atoms with Crippen molar-refractivity contribution in [1.29, 1.82) is 0 Å². The molecule has 1 aromatic carbocycles. The van der Waals surface area contributed by atoms with Gasteiger partial charge in [0.15, 0.2) is 4.34 Å². The first-order valence-electron chi connectivity index (χ1n) is 10.1. The van der Waals surface area contributed by atoms with Crippen LogP contribution in [0.15, 0.2) is 39.9 Å². The van der Waals surface area contributed by atoms with Gasteiger partial charge in [-0.3, -0.25) is 19.0 Å². The molecule has 192 valence electrons. The molecule has 0 aliphatic carbocycles. The Balaban J connectivity index is 1.42. The highest BCUT2D eigenvalue weighted by Gasteiger charge is 2.54. The van der Waals surface area contributed by atoms with Gasteiger partial charge >= 0.3 is 5.97 Å². The van der Waals surface area contributed by atoms with E-state index >= 15 is 0 Å². The van der Waals surface area contributed by atoms with Gasteiger partial charge in [0.2, 0.25) is 5.91 Å². The highest BCUT2D eigenvalue weighted by Crippen LogP contribution is 2.42. The van der Waals surface area contributed by atoms with Crippen molar-refractivity contribution in [1.82, 2.24) is 20.4 Å². The third-order valence-electron chi connectivity index (χ3n) is 5.21. The van der Waals surface area contributed by atoms with Crippen LogP contribution in [-0.4, -0.2) is 79.0 Å². The number of nitrogens with one attached hydrogen (secondary N) is 1. The Morgan fingerprint density at radius 2 is 1.97 bits per heavy atom. The number of phenolic OH excluding ortho intramolecular Hbond substituents is 1. The molecule has 0 saturated carbocycles.